The molecule has 0 fully saturated rings. The molecule has 0 radical (unpaired) electrons. The molecule has 0 bridgehead atoms. The largest absolute Gasteiger partial charge is 0.496 e. The summed E-state index contributed by atoms with van der Waals surface area (Å²) in [6.07, 6.45) is 1.64. The molecule has 8 heteroatoms. The van der Waals surface area contributed by atoms with Crippen molar-refractivity contribution in [2.75, 3.05) is 14.2 Å². The number of hydrogen-bond donors (Lipinski definition) is 2. The fourth-order valence-electron chi connectivity index (χ4n) is 3.53. The van der Waals surface area contributed by atoms with Crippen molar-refractivity contribution in [2.45, 2.75) is 6.92 Å². The van der Waals surface area contributed by atoms with E-state index in [0.717, 1.165) is 16.8 Å². The molecule has 4 rings (SSSR count). The second-order valence-corrected chi connectivity index (χ2v) is 7.45. The van der Waals surface area contributed by atoms with Gasteiger partial charge >= 0.3 is 0 Å². The second kappa shape index (κ2) is 9.91. The standard InChI is InChI=1S/C26H24N4O4/c1-17-22(33-2)14-19(15-23(17)34-3)25(31)27-28-26(32)21-16-30(20-12-8-5-9-13-20)29-24(21)18-10-6-4-7-11-18/h4-16H,1-3H3,(H,27,31)(H,28,32). The van der Waals surface area contributed by atoms with Crippen molar-refractivity contribution >= 4 is 11.8 Å². The number of methoxy groups -OCH3 is 2. The van der Waals surface area contributed by atoms with Crippen LogP contribution in [-0.4, -0.2) is 35.8 Å². The van der Waals surface area contributed by atoms with E-state index in [4.69, 9.17) is 9.47 Å². The Morgan fingerprint density at radius 2 is 1.38 bits per heavy atom. The van der Waals surface area contributed by atoms with Crippen LogP contribution in [0.5, 0.6) is 11.5 Å². The van der Waals surface area contributed by atoms with Crippen LogP contribution >= 0.6 is 0 Å². The van der Waals surface area contributed by atoms with Crippen molar-refractivity contribution in [1.29, 1.82) is 0 Å². The van der Waals surface area contributed by atoms with E-state index < -0.39 is 11.8 Å². The number of para-hydroxylation sites is 1. The van der Waals surface area contributed by atoms with Crippen LogP contribution < -0.4 is 20.3 Å². The van der Waals surface area contributed by atoms with E-state index in [1.807, 2.05) is 67.6 Å². The van der Waals surface area contributed by atoms with Gasteiger partial charge in [0.15, 0.2) is 0 Å². The molecule has 8 nitrogen and oxygen atoms in total. The van der Waals surface area contributed by atoms with E-state index >= 15 is 0 Å². The number of hydrogen-bond acceptors (Lipinski definition) is 5. The molecule has 0 unspecified atom stereocenters. The highest BCUT2D eigenvalue weighted by Gasteiger charge is 2.20. The van der Waals surface area contributed by atoms with E-state index in [2.05, 4.69) is 16.0 Å². The van der Waals surface area contributed by atoms with Gasteiger partial charge in [-0.05, 0) is 31.2 Å². The summed E-state index contributed by atoms with van der Waals surface area (Å²) in [6.45, 7) is 1.83. The van der Waals surface area contributed by atoms with Crippen molar-refractivity contribution < 1.29 is 19.1 Å². The first-order chi connectivity index (χ1) is 16.5. The van der Waals surface area contributed by atoms with E-state index in [0.29, 0.717) is 22.8 Å². The number of ether oxygens (including phenoxy) is 2. The highest BCUT2D eigenvalue weighted by atomic mass is 16.5. The lowest BCUT2D eigenvalue weighted by atomic mass is 10.1. The highest BCUT2D eigenvalue weighted by Crippen LogP contribution is 2.29. The molecule has 0 saturated carbocycles. The minimum absolute atomic E-state index is 0.280. The monoisotopic (exact) mass is 456 g/mol. The van der Waals surface area contributed by atoms with Gasteiger partial charge in [0.25, 0.3) is 11.8 Å². The summed E-state index contributed by atoms with van der Waals surface area (Å²) in [4.78, 5) is 25.8. The number of hydrazine groups is 1. The molecule has 0 saturated heterocycles. The number of carbonyl (C=O) groups excluding carboxylic acids is 2. The Bertz CT molecular complexity index is 1290. The third-order valence-corrected chi connectivity index (χ3v) is 5.33. The number of rotatable bonds is 6. The minimum atomic E-state index is -0.512. The number of nitrogens with zero attached hydrogens (tertiary/aromatic N) is 2. The SMILES string of the molecule is COc1cc(C(=O)NNC(=O)c2cn(-c3ccccc3)nc2-c2ccccc2)cc(OC)c1C. The summed E-state index contributed by atoms with van der Waals surface area (Å²) in [5.41, 5.74) is 8.39. The Hall–Kier alpha value is -4.59. The van der Waals surface area contributed by atoms with Gasteiger partial charge < -0.3 is 9.47 Å². The molecule has 3 aromatic carbocycles. The van der Waals surface area contributed by atoms with Gasteiger partial charge in [0, 0.05) is 22.9 Å². The molecule has 0 aliphatic heterocycles. The van der Waals surface area contributed by atoms with Gasteiger partial charge in [-0.1, -0.05) is 48.5 Å². The number of benzene rings is 3. The Morgan fingerprint density at radius 3 is 1.97 bits per heavy atom. The molecule has 0 aliphatic carbocycles. The molecular weight excluding hydrogens is 432 g/mol. The van der Waals surface area contributed by atoms with Crippen LogP contribution in [0.25, 0.3) is 16.9 Å². The van der Waals surface area contributed by atoms with Crippen molar-refractivity contribution in [3.63, 3.8) is 0 Å². The Balaban J connectivity index is 1.60. The lowest BCUT2D eigenvalue weighted by Crippen LogP contribution is -2.41. The van der Waals surface area contributed by atoms with Crippen molar-refractivity contribution in [2.24, 2.45) is 0 Å². The molecule has 2 amide bonds. The highest BCUT2D eigenvalue weighted by molar-refractivity contribution is 6.02. The lowest BCUT2D eigenvalue weighted by Gasteiger charge is -2.13. The minimum Gasteiger partial charge on any atom is -0.496 e. The summed E-state index contributed by atoms with van der Waals surface area (Å²) in [6, 6.07) is 22.0. The van der Waals surface area contributed by atoms with E-state index in [1.54, 1.807) is 23.0 Å². The summed E-state index contributed by atoms with van der Waals surface area (Å²) in [5.74, 6) is -0.000237. The van der Waals surface area contributed by atoms with Crippen molar-refractivity contribution in [3.05, 3.63) is 95.7 Å². The zero-order valence-corrected chi connectivity index (χ0v) is 19.0. The number of nitrogens with one attached hydrogen (secondary N) is 2. The first-order valence-corrected chi connectivity index (χ1v) is 10.6. The van der Waals surface area contributed by atoms with Crippen LogP contribution in [0.2, 0.25) is 0 Å². The molecule has 0 aliphatic rings. The smallest absolute Gasteiger partial charge is 0.273 e. The van der Waals surface area contributed by atoms with Gasteiger partial charge in [-0.25, -0.2) is 4.68 Å². The third kappa shape index (κ3) is 4.61. The second-order valence-electron chi connectivity index (χ2n) is 7.45. The van der Waals surface area contributed by atoms with Crippen LogP contribution in [0.1, 0.15) is 26.3 Å². The van der Waals surface area contributed by atoms with Gasteiger partial charge in [0.2, 0.25) is 0 Å². The molecule has 172 valence electrons. The Kier molecular flexibility index (Phi) is 6.59. The predicted molar refractivity (Wildman–Crippen MR) is 128 cm³/mol. The average Bonchev–Trinajstić information content (AvgIpc) is 3.34. The maximum atomic E-state index is 13.1. The van der Waals surface area contributed by atoms with Gasteiger partial charge in [-0.15, -0.1) is 0 Å². The first kappa shape index (κ1) is 22.6. The third-order valence-electron chi connectivity index (χ3n) is 5.33. The molecule has 1 heterocycles. The summed E-state index contributed by atoms with van der Waals surface area (Å²) < 4.78 is 12.3. The summed E-state index contributed by atoms with van der Waals surface area (Å²) >= 11 is 0. The van der Waals surface area contributed by atoms with E-state index in [-0.39, 0.29) is 5.56 Å². The van der Waals surface area contributed by atoms with Crippen LogP contribution in [0.15, 0.2) is 79.0 Å². The molecule has 2 N–H and O–H groups in total. The number of carbonyl (C=O) groups is 2. The molecule has 0 atom stereocenters. The van der Waals surface area contributed by atoms with Gasteiger partial charge in [-0.2, -0.15) is 5.10 Å². The fourth-order valence-corrected chi connectivity index (χ4v) is 3.53. The predicted octanol–water partition coefficient (Wildman–Crippen LogP) is 3.94. The zero-order valence-electron chi connectivity index (χ0n) is 19.0. The molecule has 4 aromatic rings. The molecule has 1 aromatic heterocycles. The average molecular weight is 457 g/mol. The van der Waals surface area contributed by atoms with Crippen LogP contribution in [0.4, 0.5) is 0 Å². The first-order valence-electron chi connectivity index (χ1n) is 10.6. The number of aromatic nitrogens is 2. The maximum absolute atomic E-state index is 13.1. The quantitative estimate of drug-likeness (QED) is 0.429. The summed E-state index contributed by atoms with van der Waals surface area (Å²) in [7, 11) is 3.03. The topological polar surface area (TPSA) is 94.5 Å². The maximum Gasteiger partial charge on any atom is 0.273 e. The van der Waals surface area contributed by atoms with Crippen LogP contribution in [0, 0.1) is 6.92 Å². The van der Waals surface area contributed by atoms with Crippen molar-refractivity contribution in [3.8, 4) is 28.4 Å². The van der Waals surface area contributed by atoms with E-state index in [1.165, 1.54) is 14.2 Å². The zero-order chi connectivity index (χ0) is 24.1. The Morgan fingerprint density at radius 1 is 0.824 bits per heavy atom. The Labute approximate surface area is 197 Å². The van der Waals surface area contributed by atoms with Gasteiger partial charge in [-0.3, -0.25) is 20.4 Å². The fraction of sp³-hybridized carbons (Fsp3) is 0.115. The van der Waals surface area contributed by atoms with Gasteiger partial charge in [0.1, 0.15) is 17.2 Å². The molecule has 34 heavy (non-hydrogen) atoms. The lowest BCUT2D eigenvalue weighted by molar-refractivity contribution is 0.0846. The van der Waals surface area contributed by atoms with Gasteiger partial charge in [0.05, 0.1) is 25.5 Å². The summed E-state index contributed by atoms with van der Waals surface area (Å²) in [5, 5.41) is 4.62. The molecule has 0 spiro atoms. The van der Waals surface area contributed by atoms with Crippen LogP contribution in [0.3, 0.4) is 0 Å². The number of amides is 2. The van der Waals surface area contributed by atoms with Crippen LogP contribution in [-0.2, 0) is 0 Å². The van der Waals surface area contributed by atoms with E-state index in [9.17, 15) is 9.59 Å². The molecular formula is C26H24N4O4. The van der Waals surface area contributed by atoms with Crippen molar-refractivity contribution in [1.82, 2.24) is 20.6 Å². The normalized spacial score (nSPS) is 10.4.